The van der Waals surface area contributed by atoms with Crippen LogP contribution in [0.25, 0.3) is 0 Å². The van der Waals surface area contributed by atoms with Crippen LogP contribution in [-0.4, -0.2) is 10.7 Å². The van der Waals surface area contributed by atoms with Gasteiger partial charge in [0.05, 0.1) is 5.60 Å². The molecule has 0 radical (unpaired) electrons. The molecule has 0 unspecified atom stereocenters. The van der Waals surface area contributed by atoms with E-state index in [1.54, 1.807) is 0 Å². The molecule has 0 aliphatic heterocycles. The Kier molecular flexibility index (Phi) is 5.04. The van der Waals surface area contributed by atoms with Gasteiger partial charge in [0, 0.05) is 0 Å². The Morgan fingerprint density at radius 2 is 1.94 bits per heavy atom. The third-order valence-electron chi connectivity index (χ3n) is 4.01. The van der Waals surface area contributed by atoms with Crippen LogP contribution in [0.15, 0.2) is 12.2 Å². The molecule has 0 heterocycles. The van der Waals surface area contributed by atoms with E-state index in [2.05, 4.69) is 32.9 Å². The first-order valence-corrected chi connectivity index (χ1v) is 6.80. The monoisotopic (exact) mass is 224 g/mol. The van der Waals surface area contributed by atoms with Crippen LogP contribution in [-0.2, 0) is 0 Å². The van der Waals surface area contributed by atoms with Gasteiger partial charge < -0.3 is 5.11 Å². The zero-order chi connectivity index (χ0) is 12.2. The fourth-order valence-corrected chi connectivity index (χ4v) is 2.54. The van der Waals surface area contributed by atoms with Gasteiger partial charge in [0.1, 0.15) is 0 Å². The van der Waals surface area contributed by atoms with Crippen molar-refractivity contribution in [2.75, 3.05) is 0 Å². The van der Waals surface area contributed by atoms with Crippen molar-refractivity contribution in [3.8, 4) is 0 Å². The summed E-state index contributed by atoms with van der Waals surface area (Å²) in [4.78, 5) is 0. The smallest absolute Gasteiger partial charge is 0.0654 e. The first-order chi connectivity index (χ1) is 7.41. The second-order valence-electron chi connectivity index (χ2n) is 6.23. The molecular weight excluding hydrogens is 196 g/mol. The van der Waals surface area contributed by atoms with Gasteiger partial charge in [-0.1, -0.05) is 32.9 Å². The number of allylic oxidation sites excluding steroid dienone is 1. The highest BCUT2D eigenvalue weighted by atomic mass is 16.3. The van der Waals surface area contributed by atoms with E-state index in [4.69, 9.17) is 0 Å². The van der Waals surface area contributed by atoms with Gasteiger partial charge in [0.25, 0.3) is 0 Å². The topological polar surface area (TPSA) is 20.2 Å². The first-order valence-electron chi connectivity index (χ1n) is 6.80. The molecule has 1 rings (SSSR count). The van der Waals surface area contributed by atoms with Crippen LogP contribution in [0.2, 0.25) is 0 Å². The van der Waals surface area contributed by atoms with E-state index >= 15 is 0 Å². The molecule has 0 spiro atoms. The Labute approximate surface area is 101 Å². The van der Waals surface area contributed by atoms with Gasteiger partial charge in [-0.05, 0) is 56.8 Å². The van der Waals surface area contributed by atoms with Crippen LogP contribution >= 0.6 is 0 Å². The van der Waals surface area contributed by atoms with E-state index in [0.29, 0.717) is 5.92 Å². The lowest BCUT2D eigenvalue weighted by molar-refractivity contribution is 0.0430. The number of rotatable bonds is 1. The molecule has 1 heteroatoms. The quantitative estimate of drug-likeness (QED) is 0.663. The lowest BCUT2D eigenvalue weighted by atomic mass is 9.80. The summed E-state index contributed by atoms with van der Waals surface area (Å²) >= 11 is 0. The van der Waals surface area contributed by atoms with Crippen molar-refractivity contribution in [3.63, 3.8) is 0 Å². The van der Waals surface area contributed by atoms with Crippen molar-refractivity contribution in [1.29, 1.82) is 0 Å². The van der Waals surface area contributed by atoms with Gasteiger partial charge in [-0.3, -0.25) is 0 Å². The predicted molar refractivity (Wildman–Crippen MR) is 70.3 cm³/mol. The SMILES string of the molecule is CC(C)[C@@H]1CC[C@H](C)/C=C/C[C@@](C)(O)CC1. The summed E-state index contributed by atoms with van der Waals surface area (Å²) in [7, 11) is 0. The highest BCUT2D eigenvalue weighted by Crippen LogP contribution is 2.30. The maximum Gasteiger partial charge on any atom is 0.0654 e. The van der Waals surface area contributed by atoms with Crippen LogP contribution in [0, 0.1) is 17.8 Å². The molecule has 1 N–H and O–H groups in total. The molecular formula is C15H28O. The van der Waals surface area contributed by atoms with Gasteiger partial charge >= 0.3 is 0 Å². The molecule has 0 fully saturated rings. The van der Waals surface area contributed by atoms with E-state index in [9.17, 15) is 5.11 Å². The normalized spacial score (nSPS) is 39.6. The molecule has 0 saturated heterocycles. The summed E-state index contributed by atoms with van der Waals surface area (Å²) in [5.41, 5.74) is -0.499. The average molecular weight is 224 g/mol. The fourth-order valence-electron chi connectivity index (χ4n) is 2.54. The van der Waals surface area contributed by atoms with Crippen molar-refractivity contribution in [2.24, 2.45) is 17.8 Å². The van der Waals surface area contributed by atoms with E-state index in [-0.39, 0.29) is 0 Å². The Balaban J connectivity index is 2.66. The first kappa shape index (κ1) is 13.8. The molecule has 3 atom stereocenters. The van der Waals surface area contributed by atoms with Gasteiger partial charge in [-0.25, -0.2) is 0 Å². The standard InChI is InChI=1S/C15H28O/c1-12(2)14-8-7-13(3)6-5-10-15(4,16)11-9-14/h5-6,12-14,16H,7-11H2,1-4H3/b6-5+/t13-,14-,15-/m1/s1. The van der Waals surface area contributed by atoms with Crippen LogP contribution in [0.5, 0.6) is 0 Å². The minimum atomic E-state index is -0.499. The summed E-state index contributed by atoms with van der Waals surface area (Å²) in [5, 5.41) is 10.2. The molecule has 94 valence electrons. The zero-order valence-corrected chi connectivity index (χ0v) is 11.4. The van der Waals surface area contributed by atoms with Crippen molar-refractivity contribution in [3.05, 3.63) is 12.2 Å². The summed E-state index contributed by atoms with van der Waals surface area (Å²) in [5.74, 6) is 2.18. The lowest BCUT2D eigenvalue weighted by Gasteiger charge is -2.28. The minimum Gasteiger partial charge on any atom is -0.390 e. The molecule has 0 bridgehead atoms. The highest BCUT2D eigenvalue weighted by Gasteiger charge is 2.23. The second-order valence-corrected chi connectivity index (χ2v) is 6.23. The number of hydrogen-bond acceptors (Lipinski definition) is 1. The predicted octanol–water partition coefficient (Wildman–Crippen LogP) is 4.17. The molecule has 0 amide bonds. The van der Waals surface area contributed by atoms with Crippen molar-refractivity contribution in [2.45, 2.75) is 65.4 Å². The van der Waals surface area contributed by atoms with Crippen molar-refractivity contribution >= 4 is 0 Å². The molecule has 16 heavy (non-hydrogen) atoms. The maximum atomic E-state index is 10.2. The van der Waals surface area contributed by atoms with Gasteiger partial charge in [-0.15, -0.1) is 0 Å². The summed E-state index contributed by atoms with van der Waals surface area (Å²) < 4.78 is 0. The summed E-state index contributed by atoms with van der Waals surface area (Å²) in [6.07, 6.45) is 9.96. The van der Waals surface area contributed by atoms with Gasteiger partial charge in [0.15, 0.2) is 0 Å². The molecule has 0 aromatic rings. The van der Waals surface area contributed by atoms with Gasteiger partial charge in [0.2, 0.25) is 0 Å². The Morgan fingerprint density at radius 1 is 1.25 bits per heavy atom. The van der Waals surface area contributed by atoms with Crippen LogP contribution in [0.4, 0.5) is 0 Å². The van der Waals surface area contributed by atoms with Crippen molar-refractivity contribution < 1.29 is 5.11 Å². The van der Waals surface area contributed by atoms with E-state index < -0.39 is 5.60 Å². The Bertz CT molecular complexity index is 228. The molecule has 1 nitrogen and oxygen atoms in total. The molecule has 0 aromatic heterocycles. The molecule has 1 aliphatic rings. The fraction of sp³-hybridized carbons (Fsp3) is 0.867. The van der Waals surface area contributed by atoms with E-state index in [1.807, 2.05) is 6.92 Å². The molecule has 0 aromatic carbocycles. The maximum absolute atomic E-state index is 10.2. The third kappa shape index (κ3) is 4.69. The number of aliphatic hydroxyl groups is 1. The van der Waals surface area contributed by atoms with Crippen LogP contribution < -0.4 is 0 Å². The Morgan fingerprint density at radius 3 is 2.56 bits per heavy atom. The largest absolute Gasteiger partial charge is 0.390 e. The van der Waals surface area contributed by atoms with E-state index in [0.717, 1.165) is 24.7 Å². The average Bonchev–Trinajstić information content (AvgIpc) is 2.16. The third-order valence-corrected chi connectivity index (χ3v) is 4.01. The number of hydrogen-bond donors (Lipinski definition) is 1. The minimum absolute atomic E-state index is 0.499. The highest BCUT2D eigenvalue weighted by molar-refractivity contribution is 4.93. The van der Waals surface area contributed by atoms with Gasteiger partial charge in [-0.2, -0.15) is 0 Å². The lowest BCUT2D eigenvalue weighted by Crippen LogP contribution is -2.26. The van der Waals surface area contributed by atoms with E-state index in [1.165, 1.54) is 19.3 Å². The second kappa shape index (κ2) is 5.86. The molecule has 1 aliphatic carbocycles. The van der Waals surface area contributed by atoms with Crippen molar-refractivity contribution in [1.82, 2.24) is 0 Å². The van der Waals surface area contributed by atoms with Crippen LogP contribution in [0.3, 0.4) is 0 Å². The summed E-state index contributed by atoms with van der Waals surface area (Å²) in [6.45, 7) is 8.88. The summed E-state index contributed by atoms with van der Waals surface area (Å²) in [6, 6.07) is 0. The molecule has 0 saturated carbocycles. The zero-order valence-electron chi connectivity index (χ0n) is 11.4. The Hall–Kier alpha value is -0.300. The van der Waals surface area contributed by atoms with Crippen LogP contribution in [0.1, 0.15) is 59.8 Å².